The van der Waals surface area contributed by atoms with Crippen LogP contribution in [0, 0.1) is 0 Å². The summed E-state index contributed by atoms with van der Waals surface area (Å²) in [7, 11) is 0. The molecule has 0 fully saturated rings. The van der Waals surface area contributed by atoms with Crippen LogP contribution in [0.2, 0.25) is 0 Å². The van der Waals surface area contributed by atoms with Crippen molar-refractivity contribution >= 4 is 29.0 Å². The van der Waals surface area contributed by atoms with Gasteiger partial charge < -0.3 is 15.8 Å². The van der Waals surface area contributed by atoms with Gasteiger partial charge >= 0.3 is 0 Å². The number of unbranched alkanes of at least 4 members (excludes halogenated alkanes) is 1. The first-order valence-electron chi connectivity index (χ1n) is 8.14. The van der Waals surface area contributed by atoms with Crippen molar-refractivity contribution in [2.75, 3.05) is 17.7 Å². The van der Waals surface area contributed by atoms with Gasteiger partial charge in [-0.1, -0.05) is 13.3 Å². The summed E-state index contributed by atoms with van der Waals surface area (Å²) in [6.45, 7) is 4.74. The number of hydrogen-bond acceptors (Lipinski definition) is 4. The molecule has 4 nitrogen and oxygen atoms in total. The quantitative estimate of drug-likeness (QED) is 0.418. The van der Waals surface area contributed by atoms with E-state index in [-0.39, 0.29) is 11.2 Å². The number of nitrogen functional groups attached to an aromatic ring is 1. The highest BCUT2D eigenvalue weighted by Crippen LogP contribution is 2.25. The molecule has 0 spiro atoms. The monoisotopic (exact) mass is 344 g/mol. The Balaban J connectivity index is 1.85. The number of hydrogen-bond donors (Lipinski definition) is 2. The summed E-state index contributed by atoms with van der Waals surface area (Å²) in [4.78, 5) is 13.3. The molecule has 2 rings (SSSR count). The number of benzene rings is 2. The van der Waals surface area contributed by atoms with E-state index >= 15 is 0 Å². The molecule has 24 heavy (non-hydrogen) atoms. The molecule has 0 saturated carbocycles. The van der Waals surface area contributed by atoms with E-state index in [1.54, 1.807) is 0 Å². The summed E-state index contributed by atoms with van der Waals surface area (Å²) in [5, 5.41) is 2.73. The van der Waals surface area contributed by atoms with Crippen molar-refractivity contribution in [1.29, 1.82) is 0 Å². The lowest BCUT2D eigenvalue weighted by Crippen LogP contribution is -2.22. The standard InChI is InChI=1S/C19H24N2O2S/c1-3-4-13-23-17-9-7-16(8-10-17)21-19(22)14(2)24-18-11-5-15(20)6-12-18/h5-12,14H,3-4,13,20H2,1-2H3,(H,21,22). The summed E-state index contributed by atoms with van der Waals surface area (Å²) in [6, 6.07) is 15.0. The first kappa shape index (κ1) is 18.2. The van der Waals surface area contributed by atoms with Crippen LogP contribution in [-0.2, 0) is 4.79 Å². The van der Waals surface area contributed by atoms with Crippen molar-refractivity contribution in [1.82, 2.24) is 0 Å². The maximum Gasteiger partial charge on any atom is 0.237 e. The highest BCUT2D eigenvalue weighted by molar-refractivity contribution is 8.00. The van der Waals surface area contributed by atoms with Gasteiger partial charge in [0.1, 0.15) is 5.75 Å². The molecule has 0 saturated heterocycles. The molecule has 0 radical (unpaired) electrons. The van der Waals surface area contributed by atoms with Crippen molar-refractivity contribution in [3.8, 4) is 5.75 Å². The zero-order valence-corrected chi connectivity index (χ0v) is 14.9. The van der Waals surface area contributed by atoms with E-state index in [1.165, 1.54) is 11.8 Å². The molecular weight excluding hydrogens is 320 g/mol. The molecule has 0 aliphatic carbocycles. The van der Waals surface area contributed by atoms with Gasteiger partial charge in [0.15, 0.2) is 0 Å². The number of nitrogens with one attached hydrogen (secondary N) is 1. The van der Waals surface area contributed by atoms with Crippen LogP contribution in [0.4, 0.5) is 11.4 Å². The lowest BCUT2D eigenvalue weighted by Gasteiger charge is -2.13. The second-order valence-corrected chi connectivity index (χ2v) is 6.96. The van der Waals surface area contributed by atoms with E-state index in [2.05, 4.69) is 12.2 Å². The Morgan fingerprint density at radius 1 is 1.17 bits per heavy atom. The van der Waals surface area contributed by atoms with E-state index < -0.39 is 0 Å². The zero-order chi connectivity index (χ0) is 17.4. The Bertz CT molecular complexity index is 641. The number of anilines is 2. The molecule has 0 aliphatic heterocycles. The number of carbonyl (C=O) groups is 1. The Morgan fingerprint density at radius 3 is 2.46 bits per heavy atom. The first-order valence-corrected chi connectivity index (χ1v) is 9.02. The Kier molecular flexibility index (Phi) is 7.00. The summed E-state index contributed by atoms with van der Waals surface area (Å²) >= 11 is 1.50. The van der Waals surface area contributed by atoms with Crippen LogP contribution >= 0.6 is 11.8 Å². The molecule has 0 bridgehead atoms. The molecule has 1 amide bonds. The summed E-state index contributed by atoms with van der Waals surface area (Å²) in [5.41, 5.74) is 7.16. The predicted octanol–water partition coefficient (Wildman–Crippen LogP) is 4.57. The molecule has 1 unspecified atom stereocenters. The van der Waals surface area contributed by atoms with Crippen LogP contribution in [-0.4, -0.2) is 17.8 Å². The Morgan fingerprint density at radius 2 is 1.83 bits per heavy atom. The van der Waals surface area contributed by atoms with Crippen molar-refractivity contribution in [3.05, 3.63) is 48.5 Å². The lowest BCUT2D eigenvalue weighted by atomic mass is 10.3. The van der Waals surface area contributed by atoms with Gasteiger partial charge in [-0.3, -0.25) is 4.79 Å². The van der Waals surface area contributed by atoms with Gasteiger partial charge in [0.2, 0.25) is 5.91 Å². The number of ether oxygens (including phenoxy) is 1. The largest absolute Gasteiger partial charge is 0.494 e. The third-order valence-electron chi connectivity index (χ3n) is 3.45. The Labute approximate surface area is 147 Å². The zero-order valence-electron chi connectivity index (χ0n) is 14.1. The third kappa shape index (κ3) is 5.81. The second-order valence-electron chi connectivity index (χ2n) is 5.54. The van der Waals surface area contributed by atoms with Crippen LogP contribution in [0.5, 0.6) is 5.75 Å². The normalized spacial score (nSPS) is 11.8. The molecule has 2 aromatic rings. The van der Waals surface area contributed by atoms with E-state index in [0.717, 1.165) is 41.5 Å². The van der Waals surface area contributed by atoms with E-state index in [9.17, 15) is 4.79 Å². The van der Waals surface area contributed by atoms with Gasteiger partial charge in [-0.25, -0.2) is 0 Å². The van der Waals surface area contributed by atoms with Crippen LogP contribution < -0.4 is 15.8 Å². The highest BCUT2D eigenvalue weighted by atomic mass is 32.2. The lowest BCUT2D eigenvalue weighted by molar-refractivity contribution is -0.115. The fourth-order valence-electron chi connectivity index (χ4n) is 2.02. The van der Waals surface area contributed by atoms with Crippen molar-refractivity contribution in [3.63, 3.8) is 0 Å². The van der Waals surface area contributed by atoms with Gasteiger partial charge in [-0.05, 0) is 61.9 Å². The van der Waals surface area contributed by atoms with Gasteiger partial charge in [0, 0.05) is 16.3 Å². The fourth-order valence-corrected chi connectivity index (χ4v) is 2.88. The topological polar surface area (TPSA) is 64.3 Å². The Hall–Kier alpha value is -2.14. The van der Waals surface area contributed by atoms with Gasteiger partial charge in [-0.2, -0.15) is 0 Å². The van der Waals surface area contributed by atoms with Gasteiger partial charge in [-0.15, -0.1) is 11.8 Å². The molecule has 1 atom stereocenters. The smallest absolute Gasteiger partial charge is 0.237 e. The third-order valence-corrected chi connectivity index (χ3v) is 4.56. The number of amides is 1. The molecule has 0 aromatic heterocycles. The first-order chi connectivity index (χ1) is 11.6. The maximum atomic E-state index is 12.3. The summed E-state index contributed by atoms with van der Waals surface area (Å²) in [5.74, 6) is 0.794. The SMILES string of the molecule is CCCCOc1ccc(NC(=O)C(C)Sc2ccc(N)cc2)cc1. The molecule has 5 heteroatoms. The number of nitrogens with two attached hydrogens (primary N) is 1. The fraction of sp³-hybridized carbons (Fsp3) is 0.316. The average molecular weight is 344 g/mol. The minimum atomic E-state index is -0.200. The van der Waals surface area contributed by atoms with Gasteiger partial charge in [0.25, 0.3) is 0 Å². The van der Waals surface area contributed by atoms with E-state index in [0.29, 0.717) is 0 Å². The van der Waals surface area contributed by atoms with Crippen LogP contribution in [0.1, 0.15) is 26.7 Å². The van der Waals surface area contributed by atoms with Crippen molar-refractivity contribution in [2.24, 2.45) is 0 Å². The maximum absolute atomic E-state index is 12.3. The average Bonchev–Trinajstić information content (AvgIpc) is 2.58. The van der Waals surface area contributed by atoms with E-state index in [1.807, 2.05) is 55.5 Å². The predicted molar refractivity (Wildman–Crippen MR) is 102 cm³/mol. The summed E-state index contributed by atoms with van der Waals surface area (Å²) in [6.07, 6.45) is 2.15. The highest BCUT2D eigenvalue weighted by Gasteiger charge is 2.14. The second kappa shape index (κ2) is 9.23. The summed E-state index contributed by atoms with van der Waals surface area (Å²) < 4.78 is 5.62. The molecule has 128 valence electrons. The van der Waals surface area contributed by atoms with Crippen LogP contribution in [0.3, 0.4) is 0 Å². The molecule has 3 N–H and O–H groups in total. The molecule has 0 aliphatic rings. The number of rotatable bonds is 8. The minimum Gasteiger partial charge on any atom is -0.494 e. The van der Waals surface area contributed by atoms with Crippen LogP contribution in [0.15, 0.2) is 53.4 Å². The minimum absolute atomic E-state index is 0.0310. The number of carbonyl (C=O) groups excluding carboxylic acids is 1. The molecule has 0 heterocycles. The van der Waals surface area contributed by atoms with E-state index in [4.69, 9.17) is 10.5 Å². The number of thioether (sulfide) groups is 1. The van der Waals surface area contributed by atoms with Crippen molar-refractivity contribution < 1.29 is 9.53 Å². The van der Waals surface area contributed by atoms with Gasteiger partial charge in [0.05, 0.1) is 11.9 Å². The van der Waals surface area contributed by atoms with Crippen LogP contribution in [0.25, 0.3) is 0 Å². The van der Waals surface area contributed by atoms with Crippen molar-refractivity contribution in [2.45, 2.75) is 36.8 Å². The molecule has 2 aromatic carbocycles. The molecular formula is C19H24N2O2S.